The Kier molecular flexibility index (Phi) is 5.04. The Balaban J connectivity index is 2.00. The van der Waals surface area contributed by atoms with Crippen LogP contribution in [0.4, 0.5) is 0 Å². The molecule has 0 unspecified atom stereocenters. The van der Waals surface area contributed by atoms with Crippen LogP contribution in [0.25, 0.3) is 0 Å². The molecular formula is C18H26O3. The third-order valence-corrected chi connectivity index (χ3v) is 4.30. The van der Waals surface area contributed by atoms with Crippen LogP contribution in [0.15, 0.2) is 24.3 Å². The molecule has 21 heavy (non-hydrogen) atoms. The predicted molar refractivity (Wildman–Crippen MR) is 83.0 cm³/mol. The maximum absolute atomic E-state index is 11.6. The zero-order chi connectivity index (χ0) is 15.5. The standard InChI is InChI=1S/C18H26O3/c1-5-18(16-8-6-14(4)7-9-16)10-15(12-21-18)11-20-17(19)13(2)3/h6-9,13,15H,5,10-12H2,1-4H3/t15-,18-/m1/s1. The van der Waals surface area contributed by atoms with Crippen LogP contribution in [-0.2, 0) is 19.9 Å². The van der Waals surface area contributed by atoms with Crippen LogP contribution in [0.3, 0.4) is 0 Å². The Hall–Kier alpha value is -1.35. The molecule has 0 spiro atoms. The third-order valence-electron chi connectivity index (χ3n) is 4.30. The van der Waals surface area contributed by atoms with Crippen molar-refractivity contribution in [1.82, 2.24) is 0 Å². The average Bonchev–Trinajstić information content (AvgIpc) is 2.90. The van der Waals surface area contributed by atoms with E-state index in [2.05, 4.69) is 38.1 Å². The molecule has 3 heteroatoms. The number of hydrogen-bond donors (Lipinski definition) is 0. The normalized spacial score (nSPS) is 25.3. The first kappa shape index (κ1) is 16.0. The second kappa shape index (κ2) is 6.61. The third kappa shape index (κ3) is 3.65. The zero-order valence-electron chi connectivity index (χ0n) is 13.5. The van der Waals surface area contributed by atoms with Gasteiger partial charge in [0.15, 0.2) is 0 Å². The highest BCUT2D eigenvalue weighted by Gasteiger charge is 2.40. The van der Waals surface area contributed by atoms with Gasteiger partial charge in [-0.2, -0.15) is 0 Å². The highest BCUT2D eigenvalue weighted by Crippen LogP contribution is 2.41. The summed E-state index contributed by atoms with van der Waals surface area (Å²) in [7, 11) is 0. The largest absolute Gasteiger partial charge is 0.465 e. The highest BCUT2D eigenvalue weighted by atomic mass is 16.5. The van der Waals surface area contributed by atoms with Crippen molar-refractivity contribution >= 4 is 5.97 Å². The number of carbonyl (C=O) groups excluding carboxylic acids is 1. The van der Waals surface area contributed by atoms with Gasteiger partial charge < -0.3 is 9.47 Å². The van der Waals surface area contributed by atoms with Gasteiger partial charge in [0.1, 0.15) is 0 Å². The molecule has 0 aliphatic carbocycles. The lowest BCUT2D eigenvalue weighted by atomic mass is 9.85. The summed E-state index contributed by atoms with van der Waals surface area (Å²) in [6.07, 6.45) is 1.85. The molecule has 0 radical (unpaired) electrons. The summed E-state index contributed by atoms with van der Waals surface area (Å²) in [6.45, 7) is 9.08. The van der Waals surface area contributed by atoms with Crippen LogP contribution < -0.4 is 0 Å². The minimum absolute atomic E-state index is 0.0691. The van der Waals surface area contributed by atoms with Crippen molar-refractivity contribution in [3.8, 4) is 0 Å². The van der Waals surface area contributed by atoms with Crippen LogP contribution in [-0.4, -0.2) is 19.2 Å². The predicted octanol–water partition coefficient (Wildman–Crippen LogP) is 3.84. The minimum Gasteiger partial charge on any atom is -0.465 e. The van der Waals surface area contributed by atoms with Crippen molar-refractivity contribution in [2.45, 2.75) is 46.1 Å². The van der Waals surface area contributed by atoms with Crippen molar-refractivity contribution in [3.05, 3.63) is 35.4 Å². The maximum Gasteiger partial charge on any atom is 0.308 e. The Labute approximate surface area is 127 Å². The summed E-state index contributed by atoms with van der Waals surface area (Å²) in [5.74, 6) is 0.0913. The summed E-state index contributed by atoms with van der Waals surface area (Å²) in [6, 6.07) is 8.56. The molecular weight excluding hydrogens is 264 g/mol. The van der Waals surface area contributed by atoms with E-state index in [1.807, 2.05) is 13.8 Å². The lowest BCUT2D eigenvalue weighted by Gasteiger charge is -2.28. The fraction of sp³-hybridized carbons (Fsp3) is 0.611. The zero-order valence-corrected chi connectivity index (χ0v) is 13.5. The molecule has 3 nitrogen and oxygen atoms in total. The Morgan fingerprint density at radius 1 is 1.38 bits per heavy atom. The van der Waals surface area contributed by atoms with Crippen LogP contribution >= 0.6 is 0 Å². The number of aryl methyl sites for hydroxylation is 1. The fourth-order valence-corrected chi connectivity index (χ4v) is 2.84. The fourth-order valence-electron chi connectivity index (χ4n) is 2.84. The van der Waals surface area contributed by atoms with Gasteiger partial charge in [-0.1, -0.05) is 50.6 Å². The van der Waals surface area contributed by atoms with E-state index in [1.54, 1.807) is 0 Å². The number of esters is 1. The Morgan fingerprint density at radius 2 is 2.05 bits per heavy atom. The maximum atomic E-state index is 11.6. The van der Waals surface area contributed by atoms with E-state index in [0.717, 1.165) is 12.8 Å². The van der Waals surface area contributed by atoms with Gasteiger partial charge in [0, 0.05) is 5.92 Å². The lowest BCUT2D eigenvalue weighted by molar-refractivity contribution is -0.148. The van der Waals surface area contributed by atoms with Gasteiger partial charge in [-0.05, 0) is 25.3 Å². The average molecular weight is 290 g/mol. The van der Waals surface area contributed by atoms with E-state index < -0.39 is 0 Å². The van der Waals surface area contributed by atoms with Gasteiger partial charge >= 0.3 is 5.97 Å². The van der Waals surface area contributed by atoms with E-state index in [0.29, 0.717) is 13.2 Å². The molecule has 1 saturated heterocycles. The van der Waals surface area contributed by atoms with Crippen molar-refractivity contribution in [2.24, 2.45) is 11.8 Å². The molecule has 1 aliphatic rings. The SMILES string of the molecule is CC[C@]1(c2ccc(C)cc2)C[C@H](COC(=O)C(C)C)CO1. The summed E-state index contributed by atoms with van der Waals surface area (Å²) < 4.78 is 11.5. The number of ether oxygens (including phenoxy) is 2. The van der Waals surface area contributed by atoms with Gasteiger partial charge in [0.25, 0.3) is 0 Å². The molecule has 1 fully saturated rings. The molecule has 2 rings (SSSR count). The van der Waals surface area contributed by atoms with Crippen molar-refractivity contribution in [2.75, 3.05) is 13.2 Å². The van der Waals surface area contributed by atoms with Gasteiger partial charge in [-0.25, -0.2) is 0 Å². The Morgan fingerprint density at radius 3 is 2.62 bits per heavy atom. The Bertz CT molecular complexity index is 478. The summed E-state index contributed by atoms with van der Waals surface area (Å²) >= 11 is 0. The van der Waals surface area contributed by atoms with Crippen molar-refractivity contribution in [1.29, 1.82) is 0 Å². The smallest absolute Gasteiger partial charge is 0.308 e. The molecule has 0 N–H and O–H groups in total. The number of benzene rings is 1. The molecule has 1 heterocycles. The first-order valence-electron chi connectivity index (χ1n) is 7.84. The van der Waals surface area contributed by atoms with E-state index in [4.69, 9.17) is 9.47 Å². The summed E-state index contributed by atoms with van der Waals surface area (Å²) in [5.41, 5.74) is 2.27. The van der Waals surface area contributed by atoms with Gasteiger partial charge in [0.05, 0.1) is 24.7 Å². The van der Waals surface area contributed by atoms with E-state index in [-0.39, 0.29) is 23.4 Å². The molecule has 0 amide bonds. The van der Waals surface area contributed by atoms with Crippen LogP contribution in [0.5, 0.6) is 0 Å². The van der Waals surface area contributed by atoms with Crippen molar-refractivity contribution < 1.29 is 14.3 Å². The van der Waals surface area contributed by atoms with Gasteiger partial charge in [-0.15, -0.1) is 0 Å². The monoisotopic (exact) mass is 290 g/mol. The quantitative estimate of drug-likeness (QED) is 0.773. The number of hydrogen-bond acceptors (Lipinski definition) is 3. The highest BCUT2D eigenvalue weighted by molar-refractivity contribution is 5.71. The van der Waals surface area contributed by atoms with Gasteiger partial charge in [0.2, 0.25) is 0 Å². The molecule has 2 atom stereocenters. The van der Waals surface area contributed by atoms with E-state index >= 15 is 0 Å². The molecule has 0 bridgehead atoms. The summed E-state index contributed by atoms with van der Waals surface area (Å²) in [4.78, 5) is 11.6. The molecule has 0 saturated carbocycles. The topological polar surface area (TPSA) is 35.5 Å². The number of carbonyl (C=O) groups is 1. The van der Waals surface area contributed by atoms with Crippen LogP contribution in [0.2, 0.25) is 0 Å². The van der Waals surface area contributed by atoms with Crippen LogP contribution in [0.1, 0.15) is 44.7 Å². The van der Waals surface area contributed by atoms with Gasteiger partial charge in [-0.3, -0.25) is 4.79 Å². The second-order valence-electron chi connectivity index (χ2n) is 6.38. The first-order valence-corrected chi connectivity index (χ1v) is 7.84. The van der Waals surface area contributed by atoms with Crippen molar-refractivity contribution in [3.63, 3.8) is 0 Å². The molecule has 1 aliphatic heterocycles. The molecule has 1 aromatic carbocycles. The summed E-state index contributed by atoms with van der Waals surface area (Å²) in [5, 5.41) is 0. The number of rotatable bonds is 5. The molecule has 1 aromatic rings. The molecule has 0 aromatic heterocycles. The van der Waals surface area contributed by atoms with Crippen LogP contribution in [0, 0.1) is 18.8 Å². The molecule has 116 valence electrons. The lowest BCUT2D eigenvalue weighted by Crippen LogP contribution is -2.24. The first-order chi connectivity index (χ1) is 9.97. The van der Waals surface area contributed by atoms with E-state index in [1.165, 1.54) is 11.1 Å². The van der Waals surface area contributed by atoms with E-state index in [9.17, 15) is 4.79 Å². The minimum atomic E-state index is -0.220. The second-order valence-corrected chi connectivity index (χ2v) is 6.38.